The Morgan fingerprint density at radius 3 is 2.74 bits per heavy atom. The number of hydrogen-bond donors (Lipinski definition) is 1. The lowest BCUT2D eigenvalue weighted by atomic mass is 10.00. The Hall–Kier alpha value is -0.820. The Labute approximate surface area is 114 Å². The molecule has 0 aromatic heterocycles. The highest BCUT2D eigenvalue weighted by Crippen LogP contribution is 2.15. The summed E-state index contributed by atoms with van der Waals surface area (Å²) in [5.41, 5.74) is 5.95. The zero-order valence-corrected chi connectivity index (χ0v) is 12.2. The number of rotatable bonds is 2. The standard InChI is InChI=1S/C12H23N3O3S/c1-10-2-4-15(5-3-10)12(13)14-8-11-9-19(16,17)7-6-18-11/h10-11H,2-9H2,1H3,(H2,13,14). The SMILES string of the molecule is CC1CCN(C(N)=NCC2CS(=O)(=O)CCO2)CC1. The molecule has 19 heavy (non-hydrogen) atoms. The van der Waals surface area contributed by atoms with Gasteiger partial charge in [-0.3, -0.25) is 4.99 Å². The molecule has 0 radical (unpaired) electrons. The van der Waals surface area contributed by atoms with Gasteiger partial charge in [-0.15, -0.1) is 0 Å². The van der Waals surface area contributed by atoms with Crippen molar-refractivity contribution >= 4 is 15.8 Å². The van der Waals surface area contributed by atoms with E-state index in [9.17, 15) is 8.42 Å². The van der Waals surface area contributed by atoms with E-state index >= 15 is 0 Å². The molecule has 2 N–H and O–H groups in total. The van der Waals surface area contributed by atoms with Gasteiger partial charge in [-0.2, -0.15) is 0 Å². The molecule has 2 aliphatic heterocycles. The van der Waals surface area contributed by atoms with Crippen molar-refractivity contribution in [2.24, 2.45) is 16.6 Å². The molecule has 0 bridgehead atoms. The van der Waals surface area contributed by atoms with Crippen LogP contribution in [0.1, 0.15) is 19.8 Å². The highest BCUT2D eigenvalue weighted by Gasteiger charge is 2.25. The molecule has 0 spiro atoms. The highest BCUT2D eigenvalue weighted by atomic mass is 32.2. The minimum absolute atomic E-state index is 0.0564. The summed E-state index contributed by atoms with van der Waals surface area (Å²) < 4.78 is 28.4. The summed E-state index contributed by atoms with van der Waals surface area (Å²) in [6, 6.07) is 0. The molecule has 0 aliphatic carbocycles. The molecule has 1 atom stereocenters. The third-order valence-electron chi connectivity index (χ3n) is 3.75. The lowest BCUT2D eigenvalue weighted by Crippen LogP contribution is -2.43. The topological polar surface area (TPSA) is 85.0 Å². The molecule has 0 aromatic rings. The van der Waals surface area contributed by atoms with Crippen LogP contribution in [0.4, 0.5) is 0 Å². The average molecular weight is 289 g/mol. The first-order valence-corrected chi connectivity index (χ1v) is 8.65. The molecule has 2 aliphatic rings. The molecule has 2 heterocycles. The van der Waals surface area contributed by atoms with Gasteiger partial charge in [0.2, 0.25) is 0 Å². The van der Waals surface area contributed by atoms with Crippen molar-refractivity contribution in [3.63, 3.8) is 0 Å². The van der Waals surface area contributed by atoms with E-state index in [0.717, 1.165) is 31.8 Å². The van der Waals surface area contributed by atoms with Crippen molar-refractivity contribution < 1.29 is 13.2 Å². The molecule has 0 amide bonds. The second kappa shape index (κ2) is 6.09. The summed E-state index contributed by atoms with van der Waals surface area (Å²) in [6.07, 6.45) is 1.91. The maximum Gasteiger partial charge on any atom is 0.191 e. The van der Waals surface area contributed by atoms with E-state index in [2.05, 4.69) is 16.8 Å². The summed E-state index contributed by atoms with van der Waals surface area (Å²) >= 11 is 0. The molecule has 2 saturated heterocycles. The van der Waals surface area contributed by atoms with Gasteiger partial charge in [0, 0.05) is 13.1 Å². The molecular weight excluding hydrogens is 266 g/mol. The minimum atomic E-state index is -2.96. The first-order valence-electron chi connectivity index (χ1n) is 6.83. The molecule has 110 valence electrons. The van der Waals surface area contributed by atoms with Crippen LogP contribution >= 0.6 is 0 Å². The fraction of sp³-hybridized carbons (Fsp3) is 0.917. The number of hydrogen-bond acceptors (Lipinski definition) is 4. The van der Waals surface area contributed by atoms with Crippen LogP contribution in [-0.2, 0) is 14.6 Å². The van der Waals surface area contributed by atoms with E-state index in [-0.39, 0.29) is 24.2 Å². The van der Waals surface area contributed by atoms with Gasteiger partial charge in [-0.05, 0) is 18.8 Å². The van der Waals surface area contributed by atoms with Crippen LogP contribution in [0.3, 0.4) is 0 Å². The van der Waals surface area contributed by atoms with Crippen molar-refractivity contribution in [2.45, 2.75) is 25.9 Å². The van der Waals surface area contributed by atoms with Crippen molar-refractivity contribution in [3.05, 3.63) is 0 Å². The fourth-order valence-corrected chi connectivity index (χ4v) is 3.68. The Morgan fingerprint density at radius 2 is 2.11 bits per heavy atom. The predicted octanol–water partition coefficient (Wildman–Crippen LogP) is -0.153. The predicted molar refractivity (Wildman–Crippen MR) is 74.9 cm³/mol. The number of piperidine rings is 1. The molecule has 1 unspecified atom stereocenters. The first-order chi connectivity index (χ1) is 8.96. The zero-order valence-electron chi connectivity index (χ0n) is 11.4. The van der Waals surface area contributed by atoms with Crippen LogP contribution in [0.2, 0.25) is 0 Å². The summed E-state index contributed by atoms with van der Waals surface area (Å²) in [5.74, 6) is 1.43. The number of sulfone groups is 1. The van der Waals surface area contributed by atoms with Crippen LogP contribution in [0.15, 0.2) is 4.99 Å². The molecule has 6 nitrogen and oxygen atoms in total. The molecule has 0 saturated carbocycles. The second-order valence-electron chi connectivity index (χ2n) is 5.48. The summed E-state index contributed by atoms with van der Waals surface area (Å²) in [6.45, 7) is 4.70. The molecule has 0 aromatic carbocycles. The maximum absolute atomic E-state index is 11.5. The van der Waals surface area contributed by atoms with E-state index in [0.29, 0.717) is 12.5 Å². The zero-order chi connectivity index (χ0) is 13.9. The van der Waals surface area contributed by atoms with E-state index in [1.54, 1.807) is 0 Å². The summed E-state index contributed by atoms with van der Waals surface area (Å²) in [4.78, 5) is 6.36. The van der Waals surface area contributed by atoms with E-state index in [4.69, 9.17) is 10.5 Å². The second-order valence-corrected chi connectivity index (χ2v) is 7.70. The number of nitrogens with zero attached hydrogens (tertiary/aromatic N) is 2. The van der Waals surface area contributed by atoms with Gasteiger partial charge in [0.05, 0.1) is 30.8 Å². The van der Waals surface area contributed by atoms with Crippen molar-refractivity contribution in [1.29, 1.82) is 0 Å². The van der Waals surface area contributed by atoms with Crippen LogP contribution in [-0.4, -0.2) is 63.1 Å². The number of aliphatic imine (C=N–C) groups is 1. The van der Waals surface area contributed by atoms with Gasteiger partial charge in [0.1, 0.15) is 0 Å². The molecule has 2 rings (SSSR count). The fourth-order valence-electron chi connectivity index (χ4n) is 2.39. The lowest BCUT2D eigenvalue weighted by molar-refractivity contribution is 0.0780. The Bertz CT molecular complexity index is 428. The van der Waals surface area contributed by atoms with Crippen LogP contribution in [0.25, 0.3) is 0 Å². The number of nitrogens with two attached hydrogens (primary N) is 1. The minimum Gasteiger partial charge on any atom is -0.374 e. The van der Waals surface area contributed by atoms with Crippen LogP contribution < -0.4 is 5.73 Å². The van der Waals surface area contributed by atoms with Gasteiger partial charge in [0.25, 0.3) is 0 Å². The number of likely N-dealkylation sites (tertiary alicyclic amines) is 1. The van der Waals surface area contributed by atoms with Gasteiger partial charge in [-0.25, -0.2) is 8.42 Å². The lowest BCUT2D eigenvalue weighted by Gasteiger charge is -2.31. The van der Waals surface area contributed by atoms with Crippen molar-refractivity contribution in [1.82, 2.24) is 4.90 Å². The van der Waals surface area contributed by atoms with Crippen LogP contribution in [0, 0.1) is 5.92 Å². The summed E-state index contributed by atoms with van der Waals surface area (Å²) in [5, 5.41) is 0. The van der Waals surface area contributed by atoms with E-state index in [1.807, 2.05) is 0 Å². The molecular formula is C12H23N3O3S. The summed E-state index contributed by atoms with van der Waals surface area (Å²) in [7, 11) is -2.96. The van der Waals surface area contributed by atoms with Crippen molar-refractivity contribution in [3.8, 4) is 0 Å². The Morgan fingerprint density at radius 1 is 1.42 bits per heavy atom. The largest absolute Gasteiger partial charge is 0.374 e. The normalized spacial score (nSPS) is 29.4. The van der Waals surface area contributed by atoms with Gasteiger partial charge in [-0.1, -0.05) is 6.92 Å². The van der Waals surface area contributed by atoms with Gasteiger partial charge in [0.15, 0.2) is 15.8 Å². The Balaban J connectivity index is 1.84. The molecule has 7 heteroatoms. The molecule has 2 fully saturated rings. The third kappa shape index (κ3) is 4.35. The average Bonchev–Trinajstić information content (AvgIpc) is 2.36. The van der Waals surface area contributed by atoms with Gasteiger partial charge < -0.3 is 15.4 Å². The van der Waals surface area contributed by atoms with E-state index in [1.165, 1.54) is 0 Å². The van der Waals surface area contributed by atoms with Gasteiger partial charge >= 0.3 is 0 Å². The first kappa shape index (κ1) is 14.6. The quantitative estimate of drug-likeness (QED) is 0.564. The maximum atomic E-state index is 11.5. The highest BCUT2D eigenvalue weighted by molar-refractivity contribution is 7.91. The number of guanidine groups is 1. The monoisotopic (exact) mass is 289 g/mol. The van der Waals surface area contributed by atoms with Crippen LogP contribution in [0.5, 0.6) is 0 Å². The number of ether oxygens (including phenoxy) is 1. The van der Waals surface area contributed by atoms with E-state index < -0.39 is 9.84 Å². The third-order valence-corrected chi connectivity index (χ3v) is 5.42. The Kier molecular flexibility index (Phi) is 4.67. The smallest absolute Gasteiger partial charge is 0.191 e. The van der Waals surface area contributed by atoms with Crippen molar-refractivity contribution in [2.75, 3.05) is 37.7 Å².